The molecule has 2 N–H and O–H groups in total. The Hall–Kier alpha value is -4.83. The minimum Gasteiger partial charge on any atom is -0.321 e. The molecule has 0 bridgehead atoms. The van der Waals surface area contributed by atoms with E-state index in [0.29, 0.717) is 61.7 Å². The van der Waals surface area contributed by atoms with E-state index in [1.165, 1.54) is 6.07 Å². The maximum atomic E-state index is 12.6. The number of allylic oxidation sites excluding steroid dienone is 2. The molecule has 2 heterocycles. The van der Waals surface area contributed by atoms with Crippen LogP contribution in [-0.2, 0) is 45.7 Å². The third-order valence-corrected chi connectivity index (χ3v) is 13.3. The van der Waals surface area contributed by atoms with Gasteiger partial charge < -0.3 is 9.80 Å². The van der Waals surface area contributed by atoms with E-state index in [9.17, 15) is 13.0 Å². The largest absolute Gasteiger partial charge is 0.321 e. The first kappa shape index (κ1) is 42.8. The maximum Gasteiger partial charge on any atom is 0.294 e. The summed E-state index contributed by atoms with van der Waals surface area (Å²) in [6.07, 6.45) is 5.88. The summed E-state index contributed by atoms with van der Waals surface area (Å²) < 4.78 is 44.6. The highest BCUT2D eigenvalue weighted by Gasteiger charge is 2.34. The number of anilines is 2. The van der Waals surface area contributed by atoms with Crippen LogP contribution >= 0.6 is 58.4 Å². The molecular weight excluding hydrogens is 898 g/mol. The van der Waals surface area contributed by atoms with Gasteiger partial charge in [0.1, 0.15) is 18.9 Å². The van der Waals surface area contributed by atoms with Gasteiger partial charge in [-0.05, 0) is 47.0 Å². The van der Waals surface area contributed by atoms with E-state index in [1.807, 2.05) is 108 Å². The van der Waals surface area contributed by atoms with Crippen molar-refractivity contribution >= 4 is 97.0 Å². The molecule has 0 saturated carbocycles. The predicted molar refractivity (Wildman–Crippen MR) is 243 cm³/mol. The van der Waals surface area contributed by atoms with Gasteiger partial charge in [-0.3, -0.25) is 4.55 Å². The van der Waals surface area contributed by atoms with Crippen molar-refractivity contribution in [3.63, 3.8) is 0 Å². The fourth-order valence-electron chi connectivity index (χ4n) is 7.47. The minimum absolute atomic E-state index is 0.0607. The Bertz CT molecular complexity index is 2920. The Kier molecular flexibility index (Phi) is 13.1. The maximum absolute atomic E-state index is 12.6. The zero-order chi connectivity index (χ0) is 42.7. The van der Waals surface area contributed by atoms with Gasteiger partial charge in [-0.1, -0.05) is 155 Å². The molecule has 1 aliphatic rings. The number of imidazole rings is 1. The van der Waals surface area contributed by atoms with Gasteiger partial charge in [0.2, 0.25) is 0 Å². The highest BCUT2D eigenvalue weighted by atomic mass is 35.5. The standard InChI is InChI=1S/C45H34Cl4N4O6S2/c46-34-22-38-40(24-36(34)48)52(28-32-16-7-9-18-42(32)60-59-58-54)44(50(38)26-30-12-3-1-4-13-30)20-11-21-45-51(27-31-14-5-2-6-15-31)39-23-35(47)37(49)25-41(39)53(45)29-33-17-8-10-19-43(33)61(55,56)57/h1-25H,26-29H2,(H-,54,55,56,57)/p+1. The van der Waals surface area contributed by atoms with Crippen LogP contribution in [0.15, 0.2) is 161 Å². The lowest BCUT2D eigenvalue weighted by atomic mass is 10.2. The Morgan fingerprint density at radius 3 is 1.92 bits per heavy atom. The molecule has 1 aliphatic heterocycles. The highest BCUT2D eigenvalue weighted by Crippen LogP contribution is 2.47. The van der Waals surface area contributed by atoms with Crippen molar-refractivity contribution in [2.24, 2.45) is 0 Å². The van der Waals surface area contributed by atoms with E-state index in [0.717, 1.165) is 51.3 Å². The van der Waals surface area contributed by atoms with Gasteiger partial charge in [0, 0.05) is 35.2 Å². The van der Waals surface area contributed by atoms with Crippen LogP contribution in [0.4, 0.5) is 11.4 Å². The van der Waals surface area contributed by atoms with Gasteiger partial charge in [0.05, 0.1) is 54.9 Å². The quantitative estimate of drug-likeness (QED) is 0.0362. The number of fused-ring (bicyclic) bond motifs is 2. The molecule has 1 aromatic heterocycles. The topological polar surface area (TPSA) is 108 Å². The summed E-state index contributed by atoms with van der Waals surface area (Å²) in [5, 5.41) is 14.4. The molecule has 0 saturated heterocycles. The molecule has 0 aliphatic carbocycles. The normalized spacial score (nSPS) is 13.6. The zero-order valence-electron chi connectivity index (χ0n) is 31.9. The molecule has 0 spiro atoms. The Morgan fingerprint density at radius 1 is 0.672 bits per heavy atom. The molecule has 310 valence electrons. The predicted octanol–water partition coefficient (Wildman–Crippen LogP) is 11.9. The minimum atomic E-state index is -4.56. The average Bonchev–Trinajstić information content (AvgIpc) is 3.66. The van der Waals surface area contributed by atoms with Gasteiger partial charge in [-0.15, -0.1) is 4.33 Å². The number of rotatable bonds is 14. The van der Waals surface area contributed by atoms with Gasteiger partial charge in [0.15, 0.2) is 11.0 Å². The van der Waals surface area contributed by atoms with E-state index >= 15 is 0 Å². The van der Waals surface area contributed by atoms with Gasteiger partial charge in [-0.2, -0.15) is 8.42 Å². The number of nitrogens with zero attached hydrogens (tertiary/aromatic N) is 4. The van der Waals surface area contributed by atoms with E-state index in [4.69, 9.17) is 56.0 Å². The van der Waals surface area contributed by atoms with Crippen LogP contribution in [0.2, 0.25) is 20.1 Å². The van der Waals surface area contributed by atoms with Crippen LogP contribution in [0.25, 0.3) is 17.1 Å². The molecular formula is C45H35Cl4N4O6S2+. The molecule has 8 rings (SSSR count). The molecule has 0 atom stereocenters. The number of aromatic nitrogens is 2. The second kappa shape index (κ2) is 18.6. The number of hydrogen-bond donors (Lipinski definition) is 2. The number of benzene rings is 6. The summed E-state index contributed by atoms with van der Waals surface area (Å²) in [5.41, 5.74) is 6.38. The van der Waals surface area contributed by atoms with Crippen LogP contribution in [-0.4, -0.2) is 22.8 Å². The fraction of sp³-hybridized carbons (Fsp3) is 0.0889. The monoisotopic (exact) mass is 931 g/mol. The molecule has 0 radical (unpaired) electrons. The Morgan fingerprint density at radius 2 is 1.25 bits per heavy atom. The highest BCUT2D eigenvalue weighted by molar-refractivity contribution is 7.94. The van der Waals surface area contributed by atoms with E-state index in [2.05, 4.69) is 31.2 Å². The first-order valence-corrected chi connectivity index (χ1v) is 22.4. The first-order chi connectivity index (χ1) is 29.5. The van der Waals surface area contributed by atoms with Crippen molar-refractivity contribution in [1.82, 2.24) is 4.57 Å². The van der Waals surface area contributed by atoms with Crippen LogP contribution in [0.1, 0.15) is 28.1 Å². The molecule has 10 nitrogen and oxygen atoms in total. The first-order valence-electron chi connectivity index (χ1n) is 18.7. The fourth-order valence-corrected chi connectivity index (χ4v) is 9.30. The van der Waals surface area contributed by atoms with Crippen molar-refractivity contribution < 1.29 is 32.2 Å². The average molecular weight is 934 g/mol. The van der Waals surface area contributed by atoms with E-state index < -0.39 is 10.1 Å². The van der Waals surface area contributed by atoms with E-state index in [-0.39, 0.29) is 11.4 Å². The second-order valence-electron chi connectivity index (χ2n) is 14.0. The van der Waals surface area contributed by atoms with Crippen molar-refractivity contribution in [3.8, 4) is 0 Å². The molecule has 7 aromatic rings. The molecule has 0 fully saturated rings. The van der Waals surface area contributed by atoms with E-state index in [1.54, 1.807) is 30.3 Å². The van der Waals surface area contributed by atoms with Crippen LogP contribution < -0.4 is 14.4 Å². The molecule has 0 amide bonds. The van der Waals surface area contributed by atoms with Crippen molar-refractivity contribution in [2.45, 2.75) is 36.0 Å². The van der Waals surface area contributed by atoms with Crippen LogP contribution in [0.3, 0.4) is 0 Å². The summed E-state index contributed by atoms with van der Waals surface area (Å²) in [5.74, 6) is 1.47. The number of hydrogen-bond acceptors (Lipinski definition) is 8. The smallest absolute Gasteiger partial charge is 0.294 e. The van der Waals surface area contributed by atoms with Crippen molar-refractivity contribution in [2.75, 3.05) is 9.80 Å². The molecule has 0 unspecified atom stereocenters. The summed E-state index contributed by atoms with van der Waals surface area (Å²) in [6, 6.07) is 41.2. The third-order valence-electron chi connectivity index (χ3n) is 10.2. The molecule has 16 heteroatoms. The van der Waals surface area contributed by atoms with Gasteiger partial charge in [0.25, 0.3) is 15.9 Å². The summed E-state index contributed by atoms with van der Waals surface area (Å²) in [4.78, 5) is 4.56. The van der Waals surface area contributed by atoms with Crippen molar-refractivity contribution in [3.05, 3.63) is 200 Å². The second-order valence-corrected chi connectivity index (χ2v) is 17.7. The summed E-state index contributed by atoms with van der Waals surface area (Å²) in [7, 11) is -4.56. The van der Waals surface area contributed by atoms with Crippen LogP contribution in [0.5, 0.6) is 0 Å². The van der Waals surface area contributed by atoms with Gasteiger partial charge >= 0.3 is 0 Å². The van der Waals surface area contributed by atoms with Gasteiger partial charge in [-0.25, -0.2) is 14.4 Å². The molecule has 61 heavy (non-hydrogen) atoms. The summed E-state index contributed by atoms with van der Waals surface area (Å²) in [6.45, 7) is 1.33. The lowest BCUT2D eigenvalue weighted by Gasteiger charge is -2.26. The Balaban J connectivity index is 1.33. The van der Waals surface area contributed by atoms with Crippen LogP contribution in [0, 0.1) is 0 Å². The summed E-state index contributed by atoms with van der Waals surface area (Å²) >= 11 is 27.6. The zero-order valence-corrected chi connectivity index (χ0v) is 36.6. The lowest BCUT2D eigenvalue weighted by Crippen LogP contribution is -2.37. The SMILES string of the molecule is O=S(=O)(O)c1ccccc1CN1C(=CC=Cc2n(Cc3ccccc3SOOO)c3cc(Cl)c(Cl)cc3[n+]2Cc2ccccc2)N(Cc2ccccc2)c2cc(Cl)c(Cl)cc21. The van der Waals surface area contributed by atoms with Crippen molar-refractivity contribution in [1.29, 1.82) is 0 Å². The number of halogens is 4. The molecule has 6 aromatic carbocycles. The lowest BCUT2D eigenvalue weighted by molar-refractivity contribution is -0.665. The Labute approximate surface area is 376 Å². The third kappa shape index (κ3) is 9.35.